The Labute approximate surface area is 88.0 Å². The first-order chi connectivity index (χ1) is 7.29. The molecule has 4 nitrogen and oxygen atoms in total. The third kappa shape index (κ3) is 2.34. The van der Waals surface area contributed by atoms with Crippen molar-refractivity contribution in [3.8, 4) is 0 Å². The molecule has 0 spiro atoms. The van der Waals surface area contributed by atoms with Gasteiger partial charge in [-0.3, -0.25) is 0 Å². The molecule has 0 aliphatic rings. The van der Waals surface area contributed by atoms with Gasteiger partial charge >= 0.3 is 0 Å². The van der Waals surface area contributed by atoms with Crippen LogP contribution < -0.4 is 5.73 Å². The minimum absolute atomic E-state index is 0.380. The van der Waals surface area contributed by atoms with Crippen molar-refractivity contribution >= 4 is 11.1 Å². The van der Waals surface area contributed by atoms with Crippen LogP contribution in [0.2, 0.25) is 0 Å². The highest BCUT2D eigenvalue weighted by atomic mass is 16.5. The predicted octanol–water partition coefficient (Wildman–Crippen LogP) is 1.61. The first-order valence-corrected chi connectivity index (χ1v) is 4.93. The molecule has 0 bridgehead atoms. The second kappa shape index (κ2) is 4.42. The van der Waals surface area contributed by atoms with E-state index in [1.165, 1.54) is 0 Å². The van der Waals surface area contributed by atoms with Crippen molar-refractivity contribution in [2.75, 3.05) is 13.2 Å². The number of rotatable bonds is 4. The molecule has 1 heterocycles. The normalized spacial score (nSPS) is 11.1. The summed E-state index contributed by atoms with van der Waals surface area (Å²) in [5, 5.41) is 0. The first kappa shape index (κ1) is 10.1. The SMILES string of the molecule is Cc1ccc2nc(COCCN)oc2c1. The zero-order chi connectivity index (χ0) is 10.7. The van der Waals surface area contributed by atoms with Crippen LogP contribution in [0.25, 0.3) is 11.1 Å². The van der Waals surface area contributed by atoms with Gasteiger partial charge in [0, 0.05) is 6.54 Å². The molecule has 1 aromatic heterocycles. The summed E-state index contributed by atoms with van der Waals surface area (Å²) >= 11 is 0. The zero-order valence-corrected chi connectivity index (χ0v) is 8.69. The molecular formula is C11H14N2O2. The summed E-state index contributed by atoms with van der Waals surface area (Å²) in [5.41, 5.74) is 8.15. The Morgan fingerprint density at radius 2 is 2.33 bits per heavy atom. The maximum absolute atomic E-state index is 5.52. The second-order valence-corrected chi connectivity index (χ2v) is 3.42. The molecular weight excluding hydrogens is 192 g/mol. The number of nitrogens with two attached hydrogens (primary N) is 1. The highest BCUT2D eigenvalue weighted by Gasteiger charge is 2.05. The molecule has 15 heavy (non-hydrogen) atoms. The topological polar surface area (TPSA) is 61.3 Å². The van der Waals surface area contributed by atoms with Gasteiger partial charge in [0.15, 0.2) is 5.58 Å². The summed E-state index contributed by atoms with van der Waals surface area (Å²) < 4.78 is 10.8. The van der Waals surface area contributed by atoms with Gasteiger partial charge < -0.3 is 14.9 Å². The van der Waals surface area contributed by atoms with Gasteiger partial charge in [-0.25, -0.2) is 4.98 Å². The molecule has 0 saturated carbocycles. The number of nitrogens with zero attached hydrogens (tertiary/aromatic N) is 1. The van der Waals surface area contributed by atoms with Crippen LogP contribution >= 0.6 is 0 Å². The lowest BCUT2D eigenvalue weighted by Gasteiger charge is -1.96. The highest BCUT2D eigenvalue weighted by Crippen LogP contribution is 2.17. The van der Waals surface area contributed by atoms with Crippen molar-refractivity contribution in [1.82, 2.24) is 4.98 Å². The van der Waals surface area contributed by atoms with Crippen molar-refractivity contribution in [2.45, 2.75) is 13.5 Å². The maximum Gasteiger partial charge on any atom is 0.221 e. The third-order valence-electron chi connectivity index (χ3n) is 2.08. The summed E-state index contributed by atoms with van der Waals surface area (Å²) in [6.45, 7) is 3.44. The Bertz CT molecular complexity index is 451. The zero-order valence-electron chi connectivity index (χ0n) is 8.69. The maximum atomic E-state index is 5.52. The Morgan fingerprint density at radius 3 is 3.13 bits per heavy atom. The number of oxazole rings is 1. The van der Waals surface area contributed by atoms with Crippen molar-refractivity contribution in [2.24, 2.45) is 5.73 Å². The lowest BCUT2D eigenvalue weighted by Crippen LogP contribution is -2.08. The first-order valence-electron chi connectivity index (χ1n) is 4.93. The Kier molecular flexibility index (Phi) is 2.99. The molecule has 0 fully saturated rings. The van der Waals surface area contributed by atoms with Gasteiger partial charge in [-0.15, -0.1) is 0 Å². The van der Waals surface area contributed by atoms with Gasteiger partial charge in [-0.2, -0.15) is 0 Å². The average molecular weight is 206 g/mol. The highest BCUT2D eigenvalue weighted by molar-refractivity contribution is 5.73. The van der Waals surface area contributed by atoms with Crippen LogP contribution in [-0.4, -0.2) is 18.1 Å². The molecule has 0 aliphatic carbocycles. The summed E-state index contributed by atoms with van der Waals surface area (Å²) in [4.78, 5) is 4.29. The van der Waals surface area contributed by atoms with E-state index in [1.54, 1.807) is 0 Å². The van der Waals surface area contributed by atoms with E-state index in [1.807, 2.05) is 25.1 Å². The molecule has 2 aromatic rings. The second-order valence-electron chi connectivity index (χ2n) is 3.42. The van der Waals surface area contributed by atoms with Crippen LogP contribution in [-0.2, 0) is 11.3 Å². The summed E-state index contributed by atoms with van der Waals surface area (Å²) in [5.74, 6) is 0.601. The molecule has 0 radical (unpaired) electrons. The van der Waals surface area contributed by atoms with Crippen LogP contribution in [0.15, 0.2) is 22.6 Å². The number of ether oxygens (including phenoxy) is 1. The Hall–Kier alpha value is -1.39. The minimum Gasteiger partial charge on any atom is -0.438 e. The number of aromatic nitrogens is 1. The number of aryl methyl sites for hydroxylation is 1. The van der Waals surface area contributed by atoms with E-state index in [4.69, 9.17) is 14.9 Å². The Morgan fingerprint density at radius 1 is 1.47 bits per heavy atom. The van der Waals surface area contributed by atoms with Gasteiger partial charge in [0.25, 0.3) is 0 Å². The van der Waals surface area contributed by atoms with E-state index >= 15 is 0 Å². The van der Waals surface area contributed by atoms with Crippen LogP contribution in [0.3, 0.4) is 0 Å². The summed E-state index contributed by atoms with van der Waals surface area (Å²) in [7, 11) is 0. The average Bonchev–Trinajstić information content (AvgIpc) is 2.60. The van der Waals surface area contributed by atoms with Crippen LogP contribution in [0, 0.1) is 6.92 Å². The third-order valence-corrected chi connectivity index (χ3v) is 2.08. The van der Waals surface area contributed by atoms with Gasteiger partial charge in [0.1, 0.15) is 12.1 Å². The molecule has 0 atom stereocenters. The Balaban J connectivity index is 2.16. The van der Waals surface area contributed by atoms with Gasteiger partial charge in [-0.05, 0) is 24.6 Å². The summed E-state index contributed by atoms with van der Waals surface area (Å²) in [6, 6.07) is 5.92. The fraction of sp³-hybridized carbons (Fsp3) is 0.364. The molecule has 80 valence electrons. The van der Waals surface area contributed by atoms with Crippen LogP contribution in [0.5, 0.6) is 0 Å². The van der Waals surface area contributed by atoms with Crippen LogP contribution in [0.1, 0.15) is 11.5 Å². The standard InChI is InChI=1S/C11H14N2O2/c1-8-2-3-9-10(6-8)15-11(13-9)7-14-5-4-12/h2-3,6H,4-5,7,12H2,1H3. The van der Waals surface area contributed by atoms with Crippen molar-refractivity contribution in [1.29, 1.82) is 0 Å². The van der Waals surface area contributed by atoms with Gasteiger partial charge in [-0.1, -0.05) is 6.07 Å². The summed E-state index contributed by atoms with van der Waals surface area (Å²) in [6.07, 6.45) is 0. The molecule has 0 amide bonds. The number of hydrogen-bond donors (Lipinski definition) is 1. The van der Waals surface area contributed by atoms with E-state index in [-0.39, 0.29) is 0 Å². The molecule has 0 unspecified atom stereocenters. The molecule has 1 aromatic carbocycles. The fourth-order valence-corrected chi connectivity index (χ4v) is 1.38. The van der Waals surface area contributed by atoms with E-state index in [2.05, 4.69) is 4.98 Å². The number of hydrogen-bond acceptors (Lipinski definition) is 4. The predicted molar refractivity (Wildman–Crippen MR) is 57.5 cm³/mol. The molecule has 2 N–H and O–H groups in total. The van der Waals surface area contributed by atoms with Gasteiger partial charge in [0.05, 0.1) is 6.61 Å². The lowest BCUT2D eigenvalue weighted by molar-refractivity contribution is 0.110. The van der Waals surface area contributed by atoms with Gasteiger partial charge in [0.2, 0.25) is 5.89 Å². The molecule has 4 heteroatoms. The smallest absolute Gasteiger partial charge is 0.221 e. The van der Waals surface area contributed by atoms with Crippen molar-refractivity contribution < 1.29 is 9.15 Å². The van der Waals surface area contributed by atoms with Crippen molar-refractivity contribution in [3.63, 3.8) is 0 Å². The number of benzene rings is 1. The largest absolute Gasteiger partial charge is 0.438 e. The lowest BCUT2D eigenvalue weighted by atomic mass is 10.2. The fourth-order valence-electron chi connectivity index (χ4n) is 1.38. The van der Waals surface area contributed by atoms with Crippen LogP contribution in [0.4, 0.5) is 0 Å². The molecule has 0 aliphatic heterocycles. The molecule has 0 saturated heterocycles. The van der Waals surface area contributed by atoms with E-state index in [0.717, 1.165) is 16.7 Å². The minimum atomic E-state index is 0.380. The van der Waals surface area contributed by atoms with E-state index in [0.29, 0.717) is 25.6 Å². The molecule has 2 rings (SSSR count). The van der Waals surface area contributed by atoms with E-state index < -0.39 is 0 Å². The quantitative estimate of drug-likeness (QED) is 0.772. The van der Waals surface area contributed by atoms with E-state index in [9.17, 15) is 0 Å². The van der Waals surface area contributed by atoms with Crippen molar-refractivity contribution in [3.05, 3.63) is 29.7 Å². The number of fused-ring (bicyclic) bond motifs is 1. The monoisotopic (exact) mass is 206 g/mol.